The smallest absolute Gasteiger partial charge is 0.310 e. The van der Waals surface area contributed by atoms with Crippen molar-refractivity contribution < 1.29 is 14.3 Å². The number of allylic oxidation sites excluding steroid dienone is 2. The number of carbonyl (C=O) groups is 1. The summed E-state index contributed by atoms with van der Waals surface area (Å²) in [5.74, 6) is -0.523. The van der Waals surface area contributed by atoms with E-state index >= 15 is 0 Å². The minimum absolute atomic E-state index is 0.0589. The molecule has 4 nitrogen and oxygen atoms in total. The second-order valence-electron chi connectivity index (χ2n) is 6.47. The number of Topliss-reactive ketones (excluding diaryl/α,β-unsaturated/α-hetero) is 1. The first-order valence-corrected chi connectivity index (χ1v) is 9.37. The first kappa shape index (κ1) is 17.4. The fourth-order valence-corrected chi connectivity index (χ4v) is 3.90. The summed E-state index contributed by atoms with van der Waals surface area (Å²) in [6, 6.07) is 12.2. The molecule has 0 spiro atoms. The van der Waals surface area contributed by atoms with Gasteiger partial charge in [0.25, 0.3) is 0 Å². The van der Waals surface area contributed by atoms with Crippen LogP contribution >= 0.6 is 11.3 Å². The van der Waals surface area contributed by atoms with Gasteiger partial charge < -0.3 is 5.11 Å². The third kappa shape index (κ3) is 3.36. The molecule has 0 bridgehead atoms. The van der Waals surface area contributed by atoms with Crippen molar-refractivity contribution in [2.45, 2.75) is 19.4 Å². The SMILES string of the molecule is O=C1C(Cn2c(O)csc2=O)=CCc2cc(Cc3ccccc3F)ccc21. The fraction of sp³-hybridized carbons (Fsp3) is 0.143. The highest BCUT2D eigenvalue weighted by Crippen LogP contribution is 2.25. The van der Waals surface area contributed by atoms with Crippen LogP contribution in [0.1, 0.15) is 27.0 Å². The van der Waals surface area contributed by atoms with Crippen LogP contribution in [-0.4, -0.2) is 15.5 Å². The van der Waals surface area contributed by atoms with E-state index < -0.39 is 0 Å². The molecule has 1 heterocycles. The summed E-state index contributed by atoms with van der Waals surface area (Å²) in [4.78, 5) is 24.2. The van der Waals surface area contributed by atoms with Crippen LogP contribution in [0.4, 0.5) is 4.39 Å². The molecule has 136 valence electrons. The molecule has 0 amide bonds. The van der Waals surface area contributed by atoms with Gasteiger partial charge in [-0.25, -0.2) is 4.39 Å². The van der Waals surface area contributed by atoms with Crippen LogP contribution in [0.3, 0.4) is 0 Å². The van der Waals surface area contributed by atoms with Gasteiger partial charge in [-0.3, -0.25) is 14.2 Å². The Balaban J connectivity index is 1.58. The van der Waals surface area contributed by atoms with E-state index in [2.05, 4.69) is 0 Å². The third-order valence-electron chi connectivity index (χ3n) is 4.72. The molecular weight excluding hydrogens is 365 g/mol. The molecule has 0 saturated heterocycles. The van der Waals surface area contributed by atoms with Gasteiger partial charge in [0.2, 0.25) is 5.88 Å². The average molecular weight is 381 g/mol. The maximum Gasteiger partial charge on any atom is 0.310 e. The number of fused-ring (bicyclic) bond motifs is 1. The van der Waals surface area contributed by atoms with E-state index in [1.807, 2.05) is 12.1 Å². The Bertz CT molecular complexity index is 1130. The Labute approximate surface area is 158 Å². The number of nitrogens with zero attached hydrogens (tertiary/aromatic N) is 1. The molecule has 1 aliphatic carbocycles. The molecule has 27 heavy (non-hydrogen) atoms. The highest BCUT2D eigenvalue weighted by Gasteiger charge is 2.22. The largest absolute Gasteiger partial charge is 0.494 e. The number of benzene rings is 2. The van der Waals surface area contributed by atoms with Crippen molar-refractivity contribution in [3.63, 3.8) is 0 Å². The summed E-state index contributed by atoms with van der Waals surface area (Å²) in [6.45, 7) is 0.0589. The molecule has 0 fully saturated rings. The van der Waals surface area contributed by atoms with E-state index in [0.29, 0.717) is 29.5 Å². The van der Waals surface area contributed by atoms with Crippen LogP contribution in [0.2, 0.25) is 0 Å². The lowest BCUT2D eigenvalue weighted by molar-refractivity contribution is 0.102. The molecule has 0 atom stereocenters. The Morgan fingerprint density at radius 1 is 1.15 bits per heavy atom. The summed E-state index contributed by atoms with van der Waals surface area (Å²) >= 11 is 0.899. The lowest BCUT2D eigenvalue weighted by atomic mass is 9.88. The number of hydrogen-bond donors (Lipinski definition) is 1. The highest BCUT2D eigenvalue weighted by molar-refractivity contribution is 7.07. The van der Waals surface area contributed by atoms with Gasteiger partial charge in [0, 0.05) is 17.6 Å². The van der Waals surface area contributed by atoms with Crippen molar-refractivity contribution in [3.8, 4) is 5.88 Å². The first-order valence-electron chi connectivity index (χ1n) is 8.49. The number of aromatic hydroxyl groups is 1. The number of rotatable bonds is 4. The number of hydrogen-bond acceptors (Lipinski definition) is 4. The van der Waals surface area contributed by atoms with E-state index in [9.17, 15) is 19.1 Å². The molecule has 1 aliphatic rings. The molecule has 1 aromatic heterocycles. The summed E-state index contributed by atoms with van der Waals surface area (Å²) in [5, 5.41) is 11.1. The lowest BCUT2D eigenvalue weighted by Crippen LogP contribution is -2.21. The van der Waals surface area contributed by atoms with E-state index in [4.69, 9.17) is 0 Å². The second-order valence-corrected chi connectivity index (χ2v) is 7.29. The van der Waals surface area contributed by atoms with Crippen LogP contribution in [0.5, 0.6) is 5.88 Å². The zero-order chi connectivity index (χ0) is 19.0. The normalized spacial score (nSPS) is 13.4. The van der Waals surface area contributed by atoms with Crippen LogP contribution in [0.15, 0.2) is 64.3 Å². The van der Waals surface area contributed by atoms with E-state index in [1.165, 1.54) is 16.0 Å². The Morgan fingerprint density at radius 2 is 1.96 bits per heavy atom. The molecule has 2 aromatic carbocycles. The summed E-state index contributed by atoms with van der Waals surface area (Å²) < 4.78 is 15.0. The van der Waals surface area contributed by atoms with Gasteiger partial charge in [-0.05, 0) is 29.2 Å². The van der Waals surface area contributed by atoms with E-state index in [1.54, 1.807) is 30.3 Å². The number of carbonyl (C=O) groups excluding carboxylic acids is 1. The first-order chi connectivity index (χ1) is 13.0. The molecule has 0 aliphatic heterocycles. The number of ketones is 1. The molecule has 0 saturated carbocycles. The molecule has 1 N–H and O–H groups in total. The Kier molecular flexibility index (Phi) is 4.49. The molecule has 6 heteroatoms. The number of thiazole rings is 1. The highest BCUT2D eigenvalue weighted by atomic mass is 32.1. The average Bonchev–Trinajstić information content (AvgIpc) is 2.98. The molecule has 4 rings (SSSR count). The van der Waals surface area contributed by atoms with Crippen molar-refractivity contribution in [2.75, 3.05) is 0 Å². The van der Waals surface area contributed by atoms with Crippen LogP contribution in [0.25, 0.3) is 0 Å². The monoisotopic (exact) mass is 381 g/mol. The van der Waals surface area contributed by atoms with Crippen molar-refractivity contribution >= 4 is 17.1 Å². The maximum atomic E-state index is 13.9. The topological polar surface area (TPSA) is 59.3 Å². The molecule has 3 aromatic rings. The quantitative estimate of drug-likeness (QED) is 0.750. The summed E-state index contributed by atoms with van der Waals surface area (Å²) in [5.41, 5.74) is 3.52. The van der Waals surface area contributed by atoms with Gasteiger partial charge in [0.05, 0.1) is 11.9 Å². The van der Waals surface area contributed by atoms with Crippen molar-refractivity contribution in [1.29, 1.82) is 0 Å². The second kappa shape index (κ2) is 6.96. The van der Waals surface area contributed by atoms with Gasteiger partial charge in [-0.15, -0.1) is 0 Å². The van der Waals surface area contributed by atoms with Crippen LogP contribution in [0, 0.1) is 5.82 Å². The molecule has 0 unspecified atom stereocenters. The summed E-state index contributed by atoms with van der Waals surface area (Å²) in [6.07, 6.45) is 2.81. The van der Waals surface area contributed by atoms with Gasteiger partial charge in [0.15, 0.2) is 5.78 Å². The minimum Gasteiger partial charge on any atom is -0.494 e. The minimum atomic E-state index is -0.299. The predicted octanol–water partition coefficient (Wildman–Crippen LogP) is 3.71. The zero-order valence-electron chi connectivity index (χ0n) is 14.3. The van der Waals surface area contributed by atoms with E-state index in [-0.39, 0.29) is 28.9 Å². The van der Waals surface area contributed by atoms with E-state index in [0.717, 1.165) is 22.5 Å². The molecular formula is C21H16FNO3S. The Morgan fingerprint density at radius 3 is 2.70 bits per heavy atom. The predicted molar refractivity (Wildman–Crippen MR) is 102 cm³/mol. The van der Waals surface area contributed by atoms with Gasteiger partial charge in [-0.2, -0.15) is 0 Å². The number of halogens is 1. The maximum absolute atomic E-state index is 13.9. The summed E-state index contributed by atoms with van der Waals surface area (Å²) in [7, 11) is 0. The van der Waals surface area contributed by atoms with Crippen molar-refractivity contribution in [1.82, 2.24) is 4.57 Å². The lowest BCUT2D eigenvalue weighted by Gasteiger charge is -2.17. The zero-order valence-corrected chi connectivity index (χ0v) is 15.1. The molecule has 0 radical (unpaired) electrons. The fourth-order valence-electron chi connectivity index (χ4n) is 3.28. The van der Waals surface area contributed by atoms with Crippen LogP contribution < -0.4 is 4.87 Å². The van der Waals surface area contributed by atoms with Gasteiger partial charge >= 0.3 is 4.87 Å². The number of aromatic nitrogens is 1. The third-order valence-corrected chi connectivity index (χ3v) is 5.47. The standard InChI is InChI=1S/C21H16FNO3S/c22-18-4-2-1-3-15(18)10-13-5-8-17-14(9-13)6-7-16(20(17)25)11-23-19(24)12-27-21(23)26/h1-5,7-9,12,24H,6,10-11H2. The van der Waals surface area contributed by atoms with Gasteiger partial charge in [0.1, 0.15) is 5.82 Å². The van der Waals surface area contributed by atoms with Gasteiger partial charge in [-0.1, -0.05) is 53.8 Å². The van der Waals surface area contributed by atoms with Crippen molar-refractivity contribution in [2.24, 2.45) is 0 Å². The van der Waals surface area contributed by atoms with Crippen molar-refractivity contribution in [3.05, 3.63) is 97.2 Å². The Hall–Kier alpha value is -2.99. The van der Waals surface area contributed by atoms with Crippen LogP contribution in [-0.2, 0) is 19.4 Å².